The van der Waals surface area contributed by atoms with Gasteiger partial charge in [-0.25, -0.2) is 0 Å². The van der Waals surface area contributed by atoms with Crippen LogP contribution in [0.4, 0.5) is 0 Å². The Morgan fingerprint density at radius 2 is 2.00 bits per heavy atom. The molecule has 2 N–H and O–H groups in total. The zero-order valence-corrected chi connectivity index (χ0v) is 13.8. The summed E-state index contributed by atoms with van der Waals surface area (Å²) >= 11 is 1.28. The molecule has 2 aromatic rings. The lowest BCUT2D eigenvalue weighted by molar-refractivity contribution is -0.137. The Kier molecular flexibility index (Phi) is 5.14. The number of carboxylic acids is 1. The van der Waals surface area contributed by atoms with Crippen molar-refractivity contribution in [3.63, 3.8) is 0 Å². The minimum atomic E-state index is -1.06. The second kappa shape index (κ2) is 7.48. The summed E-state index contributed by atoms with van der Waals surface area (Å²) in [6.45, 7) is 0.294. The van der Waals surface area contributed by atoms with E-state index in [0.717, 1.165) is 24.2 Å². The van der Waals surface area contributed by atoms with Crippen LogP contribution in [-0.2, 0) is 16.1 Å². The van der Waals surface area contributed by atoms with Crippen molar-refractivity contribution in [2.75, 3.05) is 12.3 Å². The summed E-state index contributed by atoms with van der Waals surface area (Å²) in [5, 5.41) is 20.1. The van der Waals surface area contributed by atoms with Crippen molar-refractivity contribution in [2.45, 2.75) is 30.5 Å². The summed E-state index contributed by atoms with van der Waals surface area (Å²) in [5.74, 6) is 0.148. The van der Waals surface area contributed by atoms with Crippen LogP contribution in [0.1, 0.15) is 30.1 Å². The molecule has 1 aromatic heterocycles. The van der Waals surface area contributed by atoms with Gasteiger partial charge in [-0.2, -0.15) is 0 Å². The molecule has 126 valence electrons. The summed E-state index contributed by atoms with van der Waals surface area (Å²) in [4.78, 5) is 22.2. The smallest absolute Gasteiger partial charge is 0.322 e. The molecule has 0 spiro atoms. The lowest BCUT2D eigenvalue weighted by Gasteiger charge is -2.10. The van der Waals surface area contributed by atoms with Crippen LogP contribution < -0.4 is 5.32 Å². The van der Waals surface area contributed by atoms with Gasteiger partial charge in [-0.1, -0.05) is 42.1 Å². The van der Waals surface area contributed by atoms with Gasteiger partial charge in [0, 0.05) is 5.92 Å². The molecule has 7 nitrogen and oxygen atoms in total. The van der Waals surface area contributed by atoms with E-state index in [-0.39, 0.29) is 18.2 Å². The average Bonchev–Trinajstić information content (AvgIpc) is 3.34. The first-order chi connectivity index (χ1) is 11.6. The van der Waals surface area contributed by atoms with Crippen LogP contribution >= 0.6 is 11.8 Å². The van der Waals surface area contributed by atoms with E-state index < -0.39 is 5.97 Å². The van der Waals surface area contributed by atoms with Crippen LogP contribution in [0.5, 0.6) is 0 Å². The van der Waals surface area contributed by atoms with Gasteiger partial charge in [0.1, 0.15) is 12.4 Å². The highest BCUT2D eigenvalue weighted by atomic mass is 32.2. The molecule has 3 rings (SSSR count). The number of benzene rings is 1. The Morgan fingerprint density at radius 3 is 2.67 bits per heavy atom. The maximum Gasteiger partial charge on any atom is 0.322 e. The molecule has 0 bridgehead atoms. The van der Waals surface area contributed by atoms with Gasteiger partial charge in [-0.3, -0.25) is 9.59 Å². The maximum atomic E-state index is 11.7. The van der Waals surface area contributed by atoms with Gasteiger partial charge in [0.2, 0.25) is 5.91 Å². The van der Waals surface area contributed by atoms with Gasteiger partial charge in [-0.05, 0) is 18.4 Å². The van der Waals surface area contributed by atoms with Gasteiger partial charge in [-0.15, -0.1) is 10.2 Å². The number of aromatic nitrogens is 3. The van der Waals surface area contributed by atoms with Gasteiger partial charge in [0.05, 0.1) is 12.3 Å². The van der Waals surface area contributed by atoms with Gasteiger partial charge in [0.15, 0.2) is 5.16 Å². The molecule has 1 amide bonds. The standard InChI is InChI=1S/C16H18N4O3S/c21-13(17-8-14(22)23)10-24-16-19-18-15(12-6-7-12)20(16)9-11-4-2-1-3-5-11/h1-5,12H,6-10H2,(H,17,21)(H,22,23). The number of carbonyl (C=O) groups excluding carboxylic acids is 1. The number of carboxylic acid groups (broad SMARTS) is 1. The Hall–Kier alpha value is -2.35. The quantitative estimate of drug-likeness (QED) is 0.703. The van der Waals surface area contributed by atoms with E-state index in [2.05, 4.69) is 20.1 Å². The zero-order valence-electron chi connectivity index (χ0n) is 13.0. The van der Waals surface area contributed by atoms with E-state index in [1.807, 2.05) is 30.3 Å². The van der Waals surface area contributed by atoms with Crippen molar-refractivity contribution in [3.05, 3.63) is 41.7 Å². The van der Waals surface area contributed by atoms with Crippen LogP contribution in [0.2, 0.25) is 0 Å². The molecular weight excluding hydrogens is 328 g/mol. The molecule has 1 saturated carbocycles. The molecule has 1 aliphatic carbocycles. The molecule has 0 aliphatic heterocycles. The number of rotatable bonds is 8. The Morgan fingerprint density at radius 1 is 1.25 bits per heavy atom. The molecule has 1 heterocycles. The average molecular weight is 346 g/mol. The number of carbonyl (C=O) groups is 2. The maximum absolute atomic E-state index is 11.7. The number of hydrogen-bond acceptors (Lipinski definition) is 5. The van der Waals surface area contributed by atoms with Crippen molar-refractivity contribution in [3.8, 4) is 0 Å². The molecular formula is C16H18N4O3S. The fraction of sp³-hybridized carbons (Fsp3) is 0.375. The van der Waals surface area contributed by atoms with Crippen molar-refractivity contribution in [2.24, 2.45) is 0 Å². The number of thioether (sulfide) groups is 1. The van der Waals surface area contributed by atoms with Crippen LogP contribution in [0.3, 0.4) is 0 Å². The number of aliphatic carboxylic acids is 1. The van der Waals surface area contributed by atoms with E-state index in [9.17, 15) is 9.59 Å². The summed E-state index contributed by atoms with van der Waals surface area (Å²) in [6, 6.07) is 10.0. The molecule has 1 fully saturated rings. The summed E-state index contributed by atoms with van der Waals surface area (Å²) in [6.07, 6.45) is 2.24. The fourth-order valence-electron chi connectivity index (χ4n) is 2.32. The highest BCUT2D eigenvalue weighted by Crippen LogP contribution is 2.40. The normalized spacial score (nSPS) is 13.7. The van der Waals surface area contributed by atoms with Crippen LogP contribution in [0.25, 0.3) is 0 Å². The van der Waals surface area contributed by atoms with Gasteiger partial charge in [0.25, 0.3) is 0 Å². The predicted octanol–water partition coefficient (Wildman–Crippen LogP) is 1.50. The number of amides is 1. The SMILES string of the molecule is O=C(O)CNC(=O)CSc1nnc(C2CC2)n1Cc1ccccc1. The van der Waals surface area contributed by atoms with E-state index in [1.54, 1.807) is 0 Å². The Labute approximate surface area is 143 Å². The highest BCUT2D eigenvalue weighted by Gasteiger charge is 2.30. The molecule has 0 saturated heterocycles. The molecule has 1 aliphatic rings. The number of nitrogens with one attached hydrogen (secondary N) is 1. The second-order valence-corrected chi connectivity index (χ2v) is 6.59. The largest absolute Gasteiger partial charge is 0.480 e. The molecule has 0 unspecified atom stereocenters. The van der Waals surface area contributed by atoms with Crippen LogP contribution in [0, 0.1) is 0 Å². The van der Waals surface area contributed by atoms with E-state index in [1.165, 1.54) is 11.8 Å². The second-order valence-electron chi connectivity index (χ2n) is 5.65. The fourth-order valence-corrected chi connectivity index (χ4v) is 3.09. The van der Waals surface area contributed by atoms with Gasteiger partial charge >= 0.3 is 5.97 Å². The zero-order chi connectivity index (χ0) is 16.9. The minimum absolute atomic E-state index is 0.116. The number of nitrogens with zero attached hydrogens (tertiary/aromatic N) is 3. The topological polar surface area (TPSA) is 97.1 Å². The monoisotopic (exact) mass is 346 g/mol. The highest BCUT2D eigenvalue weighted by molar-refractivity contribution is 7.99. The first-order valence-electron chi connectivity index (χ1n) is 7.72. The summed E-state index contributed by atoms with van der Waals surface area (Å²) in [7, 11) is 0. The van der Waals surface area contributed by atoms with Crippen LogP contribution in [0.15, 0.2) is 35.5 Å². The van der Waals surface area contributed by atoms with E-state index in [4.69, 9.17) is 5.11 Å². The van der Waals surface area contributed by atoms with Crippen molar-refractivity contribution in [1.82, 2.24) is 20.1 Å². The molecule has 0 atom stereocenters. The van der Waals surface area contributed by atoms with E-state index >= 15 is 0 Å². The van der Waals surface area contributed by atoms with Crippen molar-refractivity contribution >= 4 is 23.6 Å². The van der Waals surface area contributed by atoms with Crippen molar-refractivity contribution in [1.29, 1.82) is 0 Å². The molecule has 24 heavy (non-hydrogen) atoms. The van der Waals surface area contributed by atoms with E-state index in [0.29, 0.717) is 17.6 Å². The Balaban J connectivity index is 1.68. The lowest BCUT2D eigenvalue weighted by atomic mass is 10.2. The first-order valence-corrected chi connectivity index (χ1v) is 8.70. The predicted molar refractivity (Wildman–Crippen MR) is 88.9 cm³/mol. The molecule has 8 heteroatoms. The molecule has 1 aromatic carbocycles. The Bertz CT molecular complexity index is 728. The first kappa shape index (κ1) is 16.5. The third-order valence-electron chi connectivity index (χ3n) is 3.64. The van der Waals surface area contributed by atoms with Crippen LogP contribution in [-0.4, -0.2) is 44.0 Å². The number of hydrogen-bond donors (Lipinski definition) is 2. The lowest BCUT2D eigenvalue weighted by Crippen LogP contribution is -2.30. The summed E-state index contributed by atoms with van der Waals surface area (Å²) in [5.41, 5.74) is 1.15. The van der Waals surface area contributed by atoms with Crippen molar-refractivity contribution < 1.29 is 14.7 Å². The third-order valence-corrected chi connectivity index (χ3v) is 4.61. The summed E-state index contributed by atoms with van der Waals surface area (Å²) < 4.78 is 2.06. The minimum Gasteiger partial charge on any atom is -0.480 e. The molecule has 0 radical (unpaired) electrons. The van der Waals surface area contributed by atoms with Gasteiger partial charge < -0.3 is 15.0 Å². The third kappa shape index (κ3) is 4.35.